The summed E-state index contributed by atoms with van der Waals surface area (Å²) in [5.41, 5.74) is 9.63. The highest BCUT2D eigenvalue weighted by atomic mass is 16.3. The third-order valence-electron chi connectivity index (χ3n) is 8.98. The molecule has 0 unspecified atom stereocenters. The minimum absolute atomic E-state index is 0.598. The first-order valence-electron chi connectivity index (χ1n) is 14.9. The molecule has 4 heterocycles. The number of nitrogens with zero attached hydrogens (tertiary/aromatic N) is 5. The fourth-order valence-corrected chi connectivity index (χ4v) is 7.17. The molecule has 0 radical (unpaired) electrons. The molecule has 0 saturated heterocycles. The number of hydrogen-bond acceptors (Lipinski definition) is 4. The molecule has 0 fully saturated rings. The Kier molecular flexibility index (Phi) is 4.90. The van der Waals surface area contributed by atoms with E-state index in [9.17, 15) is 0 Å². The Morgan fingerprint density at radius 1 is 0.467 bits per heavy atom. The quantitative estimate of drug-likeness (QED) is 0.210. The number of benzene rings is 6. The first kappa shape index (κ1) is 24.2. The Morgan fingerprint density at radius 2 is 1.13 bits per heavy atom. The molecule has 210 valence electrons. The second kappa shape index (κ2) is 9.11. The van der Waals surface area contributed by atoms with Gasteiger partial charge >= 0.3 is 0 Å². The van der Waals surface area contributed by atoms with Crippen LogP contribution < -0.4 is 0 Å². The SMILES string of the molecule is c1ccc2c(c1)oc1cccc(-c3ccc4c(c3)c3ccccc3n4-c3cccc4c3c3ccccc3n4-c3ncncn3)c12. The molecule has 6 nitrogen and oxygen atoms in total. The zero-order chi connectivity index (χ0) is 29.5. The third kappa shape index (κ3) is 3.36. The second-order valence-corrected chi connectivity index (χ2v) is 11.3. The number of hydrogen-bond donors (Lipinski definition) is 0. The average molecular weight is 578 g/mol. The summed E-state index contributed by atoms with van der Waals surface area (Å²) in [6.45, 7) is 0. The summed E-state index contributed by atoms with van der Waals surface area (Å²) in [5.74, 6) is 0.598. The van der Waals surface area contributed by atoms with Gasteiger partial charge in [0.1, 0.15) is 23.8 Å². The Balaban J connectivity index is 1.28. The zero-order valence-electron chi connectivity index (χ0n) is 23.9. The Bertz CT molecular complexity index is 2770. The molecule has 0 aliphatic carbocycles. The molecule has 6 aromatic carbocycles. The van der Waals surface area contributed by atoms with Crippen LogP contribution in [0, 0.1) is 0 Å². The van der Waals surface area contributed by atoms with E-state index in [1.807, 2.05) is 12.1 Å². The fraction of sp³-hybridized carbons (Fsp3) is 0. The van der Waals surface area contributed by atoms with Gasteiger partial charge in [0.2, 0.25) is 5.95 Å². The van der Waals surface area contributed by atoms with Crippen LogP contribution in [-0.4, -0.2) is 24.1 Å². The molecule has 0 aliphatic heterocycles. The predicted octanol–water partition coefficient (Wildman–Crippen LogP) is 9.63. The van der Waals surface area contributed by atoms with E-state index in [0.717, 1.165) is 66.0 Å². The topological polar surface area (TPSA) is 61.7 Å². The van der Waals surface area contributed by atoms with Gasteiger partial charge in [-0.3, -0.25) is 4.57 Å². The van der Waals surface area contributed by atoms with Crippen molar-refractivity contribution in [1.82, 2.24) is 24.1 Å². The summed E-state index contributed by atoms with van der Waals surface area (Å²) < 4.78 is 10.7. The van der Waals surface area contributed by atoms with Crippen LogP contribution in [0.3, 0.4) is 0 Å². The first-order valence-corrected chi connectivity index (χ1v) is 14.9. The van der Waals surface area contributed by atoms with Crippen molar-refractivity contribution in [1.29, 1.82) is 0 Å². The largest absolute Gasteiger partial charge is 0.456 e. The lowest BCUT2D eigenvalue weighted by Crippen LogP contribution is -2.01. The van der Waals surface area contributed by atoms with Gasteiger partial charge in [-0.05, 0) is 59.7 Å². The lowest BCUT2D eigenvalue weighted by molar-refractivity contribution is 0.669. The molecule has 0 amide bonds. The van der Waals surface area contributed by atoms with Gasteiger partial charge in [0.05, 0.1) is 27.8 Å². The van der Waals surface area contributed by atoms with Crippen LogP contribution in [0.25, 0.3) is 88.3 Å². The molecular formula is C39H23N5O. The van der Waals surface area contributed by atoms with Gasteiger partial charge < -0.3 is 8.98 Å². The predicted molar refractivity (Wildman–Crippen MR) is 181 cm³/mol. The Labute approximate surface area is 256 Å². The number of fused-ring (bicyclic) bond motifs is 9. The van der Waals surface area contributed by atoms with E-state index in [4.69, 9.17) is 4.42 Å². The van der Waals surface area contributed by atoms with Crippen LogP contribution in [0.2, 0.25) is 0 Å². The highest BCUT2D eigenvalue weighted by Gasteiger charge is 2.21. The molecule has 10 rings (SSSR count). The van der Waals surface area contributed by atoms with Crippen LogP contribution in [-0.2, 0) is 0 Å². The van der Waals surface area contributed by atoms with Crippen molar-refractivity contribution in [2.24, 2.45) is 0 Å². The first-order chi connectivity index (χ1) is 22.3. The maximum Gasteiger partial charge on any atom is 0.237 e. The standard InChI is InChI=1S/C39H23N5O/c1-4-13-30-26(9-1)29-21-24(25-12-7-18-36-37(25)28-11-3-6-17-35(28)45-36)19-20-32(29)43(30)33-15-8-16-34-38(33)27-10-2-5-14-31(27)44(34)39-41-22-40-23-42-39/h1-23H. The number of rotatable bonds is 3. The van der Waals surface area contributed by atoms with Crippen LogP contribution in [0.1, 0.15) is 0 Å². The summed E-state index contributed by atoms with van der Waals surface area (Å²) in [4.78, 5) is 13.1. The van der Waals surface area contributed by atoms with Gasteiger partial charge in [0, 0.05) is 32.3 Å². The summed E-state index contributed by atoms with van der Waals surface area (Å²) >= 11 is 0. The molecular weight excluding hydrogens is 554 g/mol. The fourth-order valence-electron chi connectivity index (χ4n) is 7.17. The van der Waals surface area contributed by atoms with Crippen molar-refractivity contribution in [3.63, 3.8) is 0 Å². The molecule has 0 aliphatic rings. The van der Waals surface area contributed by atoms with Crippen molar-refractivity contribution in [2.45, 2.75) is 0 Å². The lowest BCUT2D eigenvalue weighted by atomic mass is 9.98. The van der Waals surface area contributed by atoms with Gasteiger partial charge in [-0.25, -0.2) is 15.0 Å². The molecule has 0 saturated carbocycles. The molecule has 0 spiro atoms. The van der Waals surface area contributed by atoms with Gasteiger partial charge in [0.15, 0.2) is 0 Å². The van der Waals surface area contributed by atoms with Crippen LogP contribution in [0.5, 0.6) is 0 Å². The van der Waals surface area contributed by atoms with E-state index >= 15 is 0 Å². The minimum atomic E-state index is 0.598. The van der Waals surface area contributed by atoms with E-state index in [0.29, 0.717) is 5.95 Å². The number of para-hydroxylation sites is 3. The molecule has 45 heavy (non-hydrogen) atoms. The van der Waals surface area contributed by atoms with Crippen LogP contribution in [0.15, 0.2) is 144 Å². The van der Waals surface area contributed by atoms with Gasteiger partial charge in [-0.15, -0.1) is 0 Å². The van der Waals surface area contributed by atoms with E-state index in [2.05, 4.69) is 139 Å². The van der Waals surface area contributed by atoms with E-state index in [1.165, 1.54) is 16.3 Å². The summed E-state index contributed by atoms with van der Waals surface area (Å²) in [5, 5.41) is 6.97. The van der Waals surface area contributed by atoms with Crippen molar-refractivity contribution in [3.05, 3.63) is 140 Å². The van der Waals surface area contributed by atoms with Gasteiger partial charge in [0.25, 0.3) is 0 Å². The summed E-state index contributed by atoms with van der Waals surface area (Å²) in [6.07, 6.45) is 3.09. The number of aromatic nitrogens is 5. The van der Waals surface area contributed by atoms with Gasteiger partial charge in [-0.2, -0.15) is 0 Å². The normalized spacial score (nSPS) is 12.0. The van der Waals surface area contributed by atoms with Crippen LogP contribution in [0.4, 0.5) is 0 Å². The summed E-state index contributed by atoms with van der Waals surface area (Å²) in [6, 6.07) is 45.0. The minimum Gasteiger partial charge on any atom is -0.456 e. The van der Waals surface area contributed by atoms with Gasteiger partial charge in [-0.1, -0.05) is 78.9 Å². The molecule has 0 bridgehead atoms. The Hall–Kier alpha value is -6.27. The van der Waals surface area contributed by atoms with E-state index < -0.39 is 0 Å². The molecule has 0 atom stereocenters. The molecule has 0 N–H and O–H groups in total. The van der Waals surface area contributed by atoms with Crippen molar-refractivity contribution in [3.8, 4) is 22.8 Å². The molecule has 6 heteroatoms. The van der Waals surface area contributed by atoms with E-state index in [1.54, 1.807) is 12.7 Å². The van der Waals surface area contributed by atoms with E-state index in [-0.39, 0.29) is 0 Å². The monoisotopic (exact) mass is 577 g/mol. The highest BCUT2D eigenvalue weighted by Crippen LogP contribution is 2.42. The summed E-state index contributed by atoms with van der Waals surface area (Å²) in [7, 11) is 0. The third-order valence-corrected chi connectivity index (χ3v) is 8.98. The Morgan fingerprint density at radius 3 is 2.00 bits per heavy atom. The van der Waals surface area contributed by atoms with Crippen molar-refractivity contribution >= 4 is 65.6 Å². The van der Waals surface area contributed by atoms with Crippen molar-refractivity contribution in [2.75, 3.05) is 0 Å². The second-order valence-electron chi connectivity index (χ2n) is 11.3. The maximum atomic E-state index is 6.23. The van der Waals surface area contributed by atoms with Crippen LogP contribution >= 0.6 is 0 Å². The molecule has 10 aromatic rings. The number of furan rings is 1. The molecule has 4 aromatic heterocycles. The van der Waals surface area contributed by atoms with Crippen molar-refractivity contribution < 1.29 is 4.42 Å². The lowest BCUT2D eigenvalue weighted by Gasteiger charge is -2.11. The smallest absolute Gasteiger partial charge is 0.237 e. The highest BCUT2D eigenvalue weighted by molar-refractivity contribution is 6.18. The maximum absolute atomic E-state index is 6.23. The zero-order valence-corrected chi connectivity index (χ0v) is 23.9. The average Bonchev–Trinajstić information content (AvgIpc) is 3.76.